The topological polar surface area (TPSA) is 99.9 Å². The Bertz CT molecular complexity index is 1260. The van der Waals surface area contributed by atoms with E-state index in [1.165, 1.54) is 6.07 Å². The minimum Gasteiger partial charge on any atom is -0.494 e. The zero-order valence-electron chi connectivity index (χ0n) is 21.6. The largest absolute Gasteiger partial charge is 0.494 e. The number of anilines is 5. The van der Waals surface area contributed by atoms with Crippen molar-refractivity contribution in [3.8, 4) is 5.75 Å². The third-order valence-corrected chi connectivity index (χ3v) is 6.38. The third-order valence-electron chi connectivity index (χ3n) is 6.38. The maximum absolute atomic E-state index is 11.9. The third kappa shape index (κ3) is 5.03. The molecule has 0 amide bonds. The first kappa shape index (κ1) is 25.2. The first-order valence-corrected chi connectivity index (χ1v) is 11.8. The molecular formula is C26H33N7O3. The highest BCUT2D eigenvalue weighted by atomic mass is 16.6. The summed E-state index contributed by atoms with van der Waals surface area (Å²) in [6, 6.07) is 11.1. The quantitative estimate of drug-likeness (QED) is 0.341. The van der Waals surface area contributed by atoms with E-state index in [9.17, 15) is 10.1 Å². The molecule has 0 unspecified atom stereocenters. The molecule has 3 aromatic rings. The number of ether oxygens (including phenoxy) is 1. The minimum absolute atomic E-state index is 0.00277. The van der Waals surface area contributed by atoms with Crippen LogP contribution in [-0.2, 0) is 5.41 Å². The summed E-state index contributed by atoms with van der Waals surface area (Å²) in [6.45, 7) is 6.54. The van der Waals surface area contributed by atoms with E-state index in [1.54, 1.807) is 19.4 Å². The van der Waals surface area contributed by atoms with E-state index in [2.05, 4.69) is 40.1 Å². The maximum Gasteiger partial charge on any atom is 0.294 e. The van der Waals surface area contributed by atoms with E-state index in [0.717, 1.165) is 30.2 Å². The Hall–Kier alpha value is -3.92. The molecule has 0 saturated carbocycles. The average Bonchev–Trinajstić information content (AvgIpc) is 3.13. The number of nitro benzene ring substituents is 1. The summed E-state index contributed by atoms with van der Waals surface area (Å²) in [4.78, 5) is 26.8. The molecule has 0 saturated heterocycles. The number of methoxy groups -OCH3 is 1. The molecule has 0 bridgehead atoms. The Morgan fingerprint density at radius 1 is 1.14 bits per heavy atom. The molecular weight excluding hydrogens is 458 g/mol. The Labute approximate surface area is 211 Å². The number of pyridine rings is 2. The summed E-state index contributed by atoms with van der Waals surface area (Å²) in [7, 11) is 7.33. The second-order valence-corrected chi connectivity index (χ2v) is 9.89. The van der Waals surface area contributed by atoms with Gasteiger partial charge in [0, 0.05) is 68.4 Å². The van der Waals surface area contributed by atoms with Crippen molar-refractivity contribution in [3.63, 3.8) is 0 Å². The van der Waals surface area contributed by atoms with Gasteiger partial charge >= 0.3 is 0 Å². The Kier molecular flexibility index (Phi) is 6.98. The molecule has 1 aliphatic heterocycles. The van der Waals surface area contributed by atoms with Crippen molar-refractivity contribution >= 4 is 34.3 Å². The lowest BCUT2D eigenvalue weighted by molar-refractivity contribution is -0.384. The summed E-state index contributed by atoms with van der Waals surface area (Å²) in [5.74, 6) is 1.06. The molecule has 0 atom stereocenters. The van der Waals surface area contributed by atoms with Gasteiger partial charge in [-0.15, -0.1) is 0 Å². The normalized spacial score (nSPS) is 14.0. The van der Waals surface area contributed by atoms with E-state index in [1.807, 2.05) is 55.3 Å². The molecule has 36 heavy (non-hydrogen) atoms. The highest BCUT2D eigenvalue weighted by Gasteiger charge is 2.37. The van der Waals surface area contributed by atoms with Crippen LogP contribution in [0.25, 0.3) is 0 Å². The molecule has 0 aliphatic carbocycles. The molecule has 3 heterocycles. The summed E-state index contributed by atoms with van der Waals surface area (Å²) >= 11 is 0. The van der Waals surface area contributed by atoms with Gasteiger partial charge in [0.1, 0.15) is 17.3 Å². The van der Waals surface area contributed by atoms with Crippen LogP contribution in [0.15, 0.2) is 48.8 Å². The highest BCUT2D eigenvalue weighted by molar-refractivity contribution is 5.78. The molecule has 0 radical (unpaired) electrons. The van der Waals surface area contributed by atoms with E-state index < -0.39 is 0 Å². The van der Waals surface area contributed by atoms with Crippen molar-refractivity contribution in [1.29, 1.82) is 0 Å². The Balaban J connectivity index is 1.66. The number of nitro groups is 1. The Morgan fingerprint density at radius 2 is 1.92 bits per heavy atom. The fourth-order valence-corrected chi connectivity index (χ4v) is 4.46. The van der Waals surface area contributed by atoms with Crippen LogP contribution in [0.2, 0.25) is 0 Å². The second kappa shape index (κ2) is 9.98. The van der Waals surface area contributed by atoms with Gasteiger partial charge in [-0.05, 0) is 32.3 Å². The first-order valence-electron chi connectivity index (χ1n) is 11.8. The molecule has 0 fully saturated rings. The number of nitrogens with one attached hydrogen (secondary N) is 1. The summed E-state index contributed by atoms with van der Waals surface area (Å²) in [5, 5.41) is 15.2. The van der Waals surface area contributed by atoms with Crippen LogP contribution in [0.1, 0.15) is 19.5 Å². The average molecular weight is 492 g/mol. The summed E-state index contributed by atoms with van der Waals surface area (Å²) in [5.41, 5.74) is 3.96. The first-order chi connectivity index (χ1) is 17.1. The number of hydrogen-bond donors (Lipinski definition) is 1. The molecule has 1 aromatic carbocycles. The van der Waals surface area contributed by atoms with Crippen LogP contribution in [0.5, 0.6) is 5.75 Å². The number of nitrogens with zero attached hydrogens (tertiary/aromatic N) is 6. The molecule has 2 aromatic heterocycles. The lowest BCUT2D eigenvalue weighted by atomic mass is 9.91. The van der Waals surface area contributed by atoms with Crippen LogP contribution >= 0.6 is 0 Å². The van der Waals surface area contributed by atoms with E-state index in [4.69, 9.17) is 4.74 Å². The zero-order chi connectivity index (χ0) is 26.0. The van der Waals surface area contributed by atoms with Gasteiger partial charge in [-0.2, -0.15) is 0 Å². The van der Waals surface area contributed by atoms with Crippen molar-refractivity contribution < 1.29 is 9.66 Å². The number of likely N-dealkylation sites (N-methyl/N-ethyl adjacent to an activating group) is 2. The van der Waals surface area contributed by atoms with E-state index in [0.29, 0.717) is 29.5 Å². The number of benzene rings is 1. The SMILES string of the molecule is COc1cc(N(C)CCN(C)C)c([N+](=O)[O-])cc1Nc1cc(N2CC(C)(C)c3ncccc32)ccn1. The van der Waals surface area contributed by atoms with Crippen molar-refractivity contribution in [2.75, 3.05) is 63.0 Å². The molecule has 1 N–H and O–H groups in total. The van der Waals surface area contributed by atoms with E-state index in [-0.39, 0.29) is 16.0 Å². The maximum atomic E-state index is 11.9. The van der Waals surface area contributed by atoms with Gasteiger partial charge < -0.3 is 24.8 Å². The van der Waals surface area contributed by atoms with Crippen LogP contribution in [-0.4, -0.2) is 67.7 Å². The monoisotopic (exact) mass is 491 g/mol. The van der Waals surface area contributed by atoms with Gasteiger partial charge in [0.05, 0.1) is 29.1 Å². The number of fused-ring (bicyclic) bond motifs is 1. The number of rotatable bonds is 9. The number of hydrogen-bond acceptors (Lipinski definition) is 9. The summed E-state index contributed by atoms with van der Waals surface area (Å²) < 4.78 is 5.60. The molecule has 4 rings (SSSR count). The Morgan fingerprint density at radius 3 is 2.61 bits per heavy atom. The van der Waals surface area contributed by atoms with Crippen molar-refractivity contribution in [3.05, 3.63) is 64.6 Å². The second-order valence-electron chi connectivity index (χ2n) is 9.89. The summed E-state index contributed by atoms with van der Waals surface area (Å²) in [6.07, 6.45) is 3.55. The van der Waals surface area contributed by atoms with Crippen LogP contribution in [0.3, 0.4) is 0 Å². The van der Waals surface area contributed by atoms with Gasteiger partial charge in [-0.25, -0.2) is 4.98 Å². The lowest BCUT2D eigenvalue weighted by Crippen LogP contribution is -2.28. The highest BCUT2D eigenvalue weighted by Crippen LogP contribution is 2.44. The van der Waals surface area contributed by atoms with Crippen LogP contribution in [0, 0.1) is 10.1 Å². The lowest BCUT2D eigenvalue weighted by Gasteiger charge is -2.23. The minimum atomic E-state index is -0.369. The zero-order valence-corrected chi connectivity index (χ0v) is 21.6. The predicted molar refractivity (Wildman–Crippen MR) is 143 cm³/mol. The fraction of sp³-hybridized carbons (Fsp3) is 0.385. The molecule has 10 nitrogen and oxygen atoms in total. The molecule has 0 spiro atoms. The van der Waals surface area contributed by atoms with Crippen LogP contribution < -0.4 is 19.9 Å². The van der Waals surface area contributed by atoms with Gasteiger partial charge in [-0.1, -0.05) is 13.8 Å². The number of aromatic nitrogens is 2. The van der Waals surface area contributed by atoms with Gasteiger partial charge in [0.2, 0.25) is 0 Å². The predicted octanol–water partition coefficient (Wildman–Crippen LogP) is 4.56. The van der Waals surface area contributed by atoms with E-state index >= 15 is 0 Å². The molecule has 1 aliphatic rings. The van der Waals surface area contributed by atoms with Crippen LogP contribution in [0.4, 0.5) is 34.3 Å². The van der Waals surface area contributed by atoms with Gasteiger partial charge in [0.25, 0.3) is 5.69 Å². The van der Waals surface area contributed by atoms with Crippen molar-refractivity contribution in [2.45, 2.75) is 19.3 Å². The van der Waals surface area contributed by atoms with Crippen molar-refractivity contribution in [2.24, 2.45) is 0 Å². The van der Waals surface area contributed by atoms with Crippen molar-refractivity contribution in [1.82, 2.24) is 14.9 Å². The standard InChI is InChI=1S/C26H33N7O3/c1-26(2)17-32(20-8-7-10-28-25(20)26)18-9-11-27-24(14-18)29-19-15-22(33(34)35)21(16-23(19)36-6)31(5)13-12-30(3)4/h7-11,14-16H,12-13,17H2,1-6H3,(H,27,29). The fourth-order valence-electron chi connectivity index (χ4n) is 4.46. The smallest absolute Gasteiger partial charge is 0.294 e. The molecule has 10 heteroatoms. The van der Waals surface area contributed by atoms with Gasteiger partial charge in [0.15, 0.2) is 0 Å². The van der Waals surface area contributed by atoms with Gasteiger partial charge in [-0.3, -0.25) is 15.1 Å². The molecule has 190 valence electrons.